The molecule has 32 heavy (non-hydrogen) atoms. The average molecular weight is 454 g/mol. The lowest BCUT2D eigenvalue weighted by atomic mass is 9.93. The predicted molar refractivity (Wildman–Crippen MR) is 102 cm³/mol. The maximum Gasteiger partial charge on any atom is 0.433 e. The number of alkyl halides is 5. The van der Waals surface area contributed by atoms with Crippen LogP contribution in [0.2, 0.25) is 0 Å². The fourth-order valence-electron chi connectivity index (χ4n) is 3.66. The fourth-order valence-corrected chi connectivity index (χ4v) is 3.66. The number of aryl methyl sites for hydroxylation is 2. The third-order valence-corrected chi connectivity index (χ3v) is 5.27. The number of aromatic nitrogens is 5. The van der Waals surface area contributed by atoms with Crippen molar-refractivity contribution < 1.29 is 26.7 Å². The minimum absolute atomic E-state index is 0.0232. The molecule has 1 N–H and O–H groups in total. The Labute approximate surface area is 179 Å². The highest BCUT2D eigenvalue weighted by Gasteiger charge is 2.34. The lowest BCUT2D eigenvalue weighted by molar-refractivity contribution is -0.141. The van der Waals surface area contributed by atoms with Crippen LogP contribution >= 0.6 is 0 Å². The van der Waals surface area contributed by atoms with Gasteiger partial charge in [0, 0.05) is 31.9 Å². The first-order chi connectivity index (χ1) is 14.9. The van der Waals surface area contributed by atoms with Crippen LogP contribution in [0.25, 0.3) is 5.69 Å². The summed E-state index contributed by atoms with van der Waals surface area (Å²) in [6.45, 7) is 0.697. The molecule has 1 atom stereocenters. The van der Waals surface area contributed by atoms with Crippen LogP contribution in [0.3, 0.4) is 0 Å². The summed E-state index contributed by atoms with van der Waals surface area (Å²) in [5, 5.41) is 10.9. The zero-order chi connectivity index (χ0) is 23.3. The number of hydrogen-bond acceptors (Lipinski definition) is 4. The van der Waals surface area contributed by atoms with Gasteiger partial charge in [0.25, 0.3) is 11.8 Å². The van der Waals surface area contributed by atoms with E-state index in [-0.39, 0.29) is 11.4 Å². The van der Waals surface area contributed by atoms with E-state index in [4.69, 9.17) is 0 Å². The second-order valence-electron chi connectivity index (χ2n) is 7.72. The summed E-state index contributed by atoms with van der Waals surface area (Å²) in [6, 6.07) is 2.87. The molecule has 7 nitrogen and oxygen atoms in total. The van der Waals surface area contributed by atoms with Crippen molar-refractivity contribution in [1.29, 1.82) is 0 Å². The molecule has 0 unspecified atom stereocenters. The topological polar surface area (TPSA) is 77.6 Å². The first kappa shape index (κ1) is 21.9. The molecule has 4 rings (SSSR count). The molecule has 0 spiro atoms. The molecule has 0 fully saturated rings. The van der Waals surface area contributed by atoms with Crippen LogP contribution in [0.5, 0.6) is 0 Å². The molecule has 12 heteroatoms. The van der Waals surface area contributed by atoms with Crippen LogP contribution in [-0.2, 0) is 25.6 Å². The standard InChI is InChI=1S/C20H19F5N6O/c1-19(21,22)16-9-15(30(2)29-16)18(32)27-13-4-3-5-14-12(13)10-31(28-14)11-6-7-26-17(8-11)20(23,24)25/h6-10,13H,3-5H2,1-2H3,(H,27,32)/t13-/m0/s1. The van der Waals surface area contributed by atoms with Crippen molar-refractivity contribution in [3.8, 4) is 5.69 Å². The molecule has 0 bridgehead atoms. The quantitative estimate of drug-likeness (QED) is 0.606. The second kappa shape index (κ2) is 7.68. The van der Waals surface area contributed by atoms with Crippen molar-refractivity contribution in [1.82, 2.24) is 29.9 Å². The molecular weight excluding hydrogens is 435 g/mol. The molecule has 0 aromatic carbocycles. The Bertz CT molecular complexity index is 1160. The monoisotopic (exact) mass is 454 g/mol. The largest absolute Gasteiger partial charge is 0.433 e. The average Bonchev–Trinajstić information content (AvgIpc) is 3.32. The van der Waals surface area contributed by atoms with Gasteiger partial charge in [-0.3, -0.25) is 14.5 Å². The Morgan fingerprint density at radius 1 is 1.16 bits per heavy atom. The Balaban J connectivity index is 1.60. The number of pyridine rings is 1. The summed E-state index contributed by atoms with van der Waals surface area (Å²) in [5.74, 6) is -3.76. The number of nitrogens with one attached hydrogen (secondary N) is 1. The summed E-state index contributed by atoms with van der Waals surface area (Å²) in [4.78, 5) is 16.1. The Kier molecular flexibility index (Phi) is 5.25. The molecule has 1 aliphatic rings. The first-order valence-corrected chi connectivity index (χ1v) is 9.79. The summed E-state index contributed by atoms with van der Waals surface area (Å²) in [6.07, 6.45) is -0.0856. The Morgan fingerprint density at radius 2 is 1.91 bits per heavy atom. The van der Waals surface area contributed by atoms with E-state index in [1.165, 1.54) is 17.8 Å². The highest BCUT2D eigenvalue weighted by atomic mass is 19.4. The van der Waals surface area contributed by atoms with Gasteiger partial charge in [0.1, 0.15) is 17.1 Å². The maximum atomic E-state index is 13.5. The molecule has 170 valence electrons. The van der Waals surface area contributed by atoms with Gasteiger partial charge < -0.3 is 5.32 Å². The minimum Gasteiger partial charge on any atom is -0.344 e. The first-order valence-electron chi connectivity index (χ1n) is 9.79. The highest BCUT2D eigenvalue weighted by Crippen LogP contribution is 2.32. The van der Waals surface area contributed by atoms with Crippen molar-refractivity contribution in [3.63, 3.8) is 0 Å². The molecule has 3 aromatic heterocycles. The number of carbonyl (C=O) groups is 1. The van der Waals surface area contributed by atoms with Gasteiger partial charge in [-0.2, -0.15) is 32.1 Å². The molecule has 1 amide bonds. The van der Waals surface area contributed by atoms with Crippen molar-refractivity contribution in [3.05, 3.63) is 58.9 Å². The molecule has 0 radical (unpaired) electrons. The number of amides is 1. The molecule has 3 aromatic rings. The predicted octanol–water partition coefficient (Wildman–Crippen LogP) is 3.94. The van der Waals surface area contributed by atoms with Gasteiger partial charge in [-0.05, 0) is 37.5 Å². The van der Waals surface area contributed by atoms with Crippen molar-refractivity contribution in [2.75, 3.05) is 0 Å². The van der Waals surface area contributed by atoms with Gasteiger partial charge in [-0.25, -0.2) is 4.68 Å². The van der Waals surface area contributed by atoms with Crippen LogP contribution in [0.15, 0.2) is 30.6 Å². The molecular formula is C20H19F5N6O. The smallest absolute Gasteiger partial charge is 0.344 e. The third kappa shape index (κ3) is 4.21. The maximum absolute atomic E-state index is 13.5. The van der Waals surface area contributed by atoms with E-state index < -0.39 is 35.4 Å². The van der Waals surface area contributed by atoms with Crippen LogP contribution in [0.1, 0.15) is 58.9 Å². The number of hydrogen-bond donors (Lipinski definition) is 1. The number of nitrogens with zero attached hydrogens (tertiary/aromatic N) is 5. The van der Waals surface area contributed by atoms with Gasteiger partial charge in [-0.15, -0.1) is 0 Å². The highest BCUT2D eigenvalue weighted by molar-refractivity contribution is 5.93. The van der Waals surface area contributed by atoms with Crippen LogP contribution < -0.4 is 5.32 Å². The molecule has 1 aliphatic carbocycles. The van der Waals surface area contributed by atoms with Gasteiger partial charge in [0.2, 0.25) is 0 Å². The fraction of sp³-hybridized carbons (Fsp3) is 0.400. The van der Waals surface area contributed by atoms with Gasteiger partial charge in [-0.1, -0.05) is 0 Å². The van der Waals surface area contributed by atoms with Gasteiger partial charge >= 0.3 is 6.18 Å². The second-order valence-corrected chi connectivity index (χ2v) is 7.72. The molecule has 0 aliphatic heterocycles. The van der Waals surface area contributed by atoms with Crippen LogP contribution in [0.4, 0.5) is 22.0 Å². The summed E-state index contributed by atoms with van der Waals surface area (Å²) in [5.41, 5.74) is -0.0670. The molecule has 0 saturated carbocycles. The summed E-state index contributed by atoms with van der Waals surface area (Å²) < 4.78 is 68.5. The van der Waals surface area contributed by atoms with Crippen LogP contribution in [0, 0.1) is 0 Å². The van der Waals surface area contributed by atoms with Crippen molar-refractivity contribution in [2.24, 2.45) is 7.05 Å². The normalized spacial score (nSPS) is 16.7. The van der Waals surface area contributed by atoms with Crippen molar-refractivity contribution >= 4 is 5.91 Å². The summed E-state index contributed by atoms with van der Waals surface area (Å²) in [7, 11) is 1.40. The minimum atomic E-state index is -4.59. The number of fused-ring (bicyclic) bond motifs is 1. The van der Waals surface area contributed by atoms with E-state index in [9.17, 15) is 26.7 Å². The lowest BCUT2D eigenvalue weighted by Crippen LogP contribution is -2.31. The Hall–Kier alpha value is -3.31. The van der Waals surface area contributed by atoms with Gasteiger partial charge in [0.05, 0.1) is 17.4 Å². The van der Waals surface area contributed by atoms with Crippen LogP contribution in [-0.4, -0.2) is 30.5 Å². The van der Waals surface area contributed by atoms with E-state index in [1.54, 1.807) is 6.20 Å². The lowest BCUT2D eigenvalue weighted by Gasteiger charge is -2.22. The van der Waals surface area contributed by atoms with E-state index >= 15 is 0 Å². The number of rotatable bonds is 4. The zero-order valence-electron chi connectivity index (χ0n) is 17.1. The van der Waals surface area contributed by atoms with E-state index in [0.29, 0.717) is 37.4 Å². The van der Waals surface area contributed by atoms with E-state index in [1.807, 2.05) is 0 Å². The molecule has 3 heterocycles. The third-order valence-electron chi connectivity index (χ3n) is 5.27. The zero-order valence-corrected chi connectivity index (χ0v) is 17.1. The van der Waals surface area contributed by atoms with Crippen molar-refractivity contribution in [2.45, 2.75) is 44.3 Å². The summed E-state index contributed by atoms with van der Waals surface area (Å²) >= 11 is 0. The van der Waals surface area contributed by atoms with Gasteiger partial charge in [0.15, 0.2) is 0 Å². The number of carbonyl (C=O) groups excluding carboxylic acids is 1. The Morgan fingerprint density at radius 3 is 2.56 bits per heavy atom. The SMILES string of the molecule is Cn1nc(C(C)(F)F)cc1C(=O)N[C@H]1CCCc2nn(-c3ccnc(C(F)(F)F)c3)cc21. The molecule has 0 saturated heterocycles. The van der Waals surface area contributed by atoms with E-state index in [2.05, 4.69) is 20.5 Å². The van der Waals surface area contributed by atoms with E-state index in [0.717, 1.165) is 23.0 Å². The number of halogens is 5.